The van der Waals surface area contributed by atoms with Crippen LogP contribution in [0.2, 0.25) is 0 Å². The number of alkyl halides is 3. The van der Waals surface area contributed by atoms with Gasteiger partial charge in [0.05, 0.1) is 6.04 Å². The number of hydrogen-bond acceptors (Lipinski definition) is 3. The Labute approximate surface area is 109 Å². The molecule has 0 aromatic carbocycles. The minimum absolute atomic E-state index is 0.0471. The molecule has 0 unspecified atom stereocenters. The highest BCUT2D eigenvalue weighted by molar-refractivity contribution is 5.81. The van der Waals surface area contributed by atoms with Crippen LogP contribution < -0.4 is 5.73 Å². The van der Waals surface area contributed by atoms with E-state index in [1.54, 1.807) is 6.92 Å². The number of carbonyl (C=O) groups excluding carboxylic acids is 1. The fraction of sp³-hybridized carbons (Fsp3) is 0.636. The van der Waals surface area contributed by atoms with Gasteiger partial charge in [-0.2, -0.15) is 18.3 Å². The average Bonchev–Trinajstić information content (AvgIpc) is 2.67. The first kappa shape index (κ1) is 15.5. The summed E-state index contributed by atoms with van der Waals surface area (Å²) < 4.78 is 39.3. The molecule has 0 spiro atoms. The quantitative estimate of drug-likeness (QED) is 0.898. The number of aromatic nitrogens is 2. The highest BCUT2D eigenvalue weighted by atomic mass is 19.4. The van der Waals surface area contributed by atoms with Crippen LogP contribution in [0.1, 0.15) is 24.6 Å². The molecule has 1 aromatic rings. The monoisotopic (exact) mass is 278 g/mol. The molecule has 1 atom stereocenters. The summed E-state index contributed by atoms with van der Waals surface area (Å²) in [5, 5.41) is 3.38. The zero-order valence-electron chi connectivity index (χ0n) is 11.0. The predicted octanol–water partition coefficient (Wildman–Crippen LogP) is 1.13. The fourth-order valence-corrected chi connectivity index (χ4v) is 1.68. The molecule has 8 heteroatoms. The number of nitrogens with two attached hydrogens (primary N) is 1. The molecule has 0 saturated carbocycles. The van der Waals surface area contributed by atoms with Crippen LogP contribution >= 0.6 is 0 Å². The maximum Gasteiger partial charge on any atom is 0.435 e. The summed E-state index contributed by atoms with van der Waals surface area (Å²) in [4.78, 5) is 12.9. The third-order valence-electron chi connectivity index (χ3n) is 2.71. The summed E-state index contributed by atoms with van der Waals surface area (Å²) >= 11 is 0. The number of aryl methyl sites for hydroxylation is 1. The Kier molecular flexibility index (Phi) is 4.56. The van der Waals surface area contributed by atoms with Gasteiger partial charge >= 0.3 is 6.18 Å². The lowest BCUT2D eigenvalue weighted by atomic mass is 10.2. The molecule has 0 aliphatic rings. The van der Waals surface area contributed by atoms with E-state index < -0.39 is 17.9 Å². The van der Waals surface area contributed by atoms with E-state index in [0.29, 0.717) is 6.42 Å². The normalized spacial score (nSPS) is 13.4. The molecule has 0 aliphatic carbocycles. The molecule has 0 fully saturated rings. The first-order chi connectivity index (χ1) is 8.66. The number of rotatable bonds is 4. The van der Waals surface area contributed by atoms with Gasteiger partial charge < -0.3 is 10.6 Å². The summed E-state index contributed by atoms with van der Waals surface area (Å²) in [6.45, 7) is 1.57. The van der Waals surface area contributed by atoms with Crippen molar-refractivity contribution in [3.8, 4) is 0 Å². The molecule has 108 valence electrons. The number of amides is 1. The van der Waals surface area contributed by atoms with Gasteiger partial charge in [-0.15, -0.1) is 0 Å². The third kappa shape index (κ3) is 3.69. The predicted molar refractivity (Wildman–Crippen MR) is 63.0 cm³/mol. The molecule has 19 heavy (non-hydrogen) atoms. The van der Waals surface area contributed by atoms with Crippen LogP contribution in [0.3, 0.4) is 0 Å². The van der Waals surface area contributed by atoms with Crippen molar-refractivity contribution < 1.29 is 18.0 Å². The Morgan fingerprint density at radius 1 is 1.58 bits per heavy atom. The third-order valence-corrected chi connectivity index (χ3v) is 2.71. The Morgan fingerprint density at radius 3 is 2.63 bits per heavy atom. The van der Waals surface area contributed by atoms with Crippen molar-refractivity contribution in [1.29, 1.82) is 0 Å². The summed E-state index contributed by atoms with van der Waals surface area (Å²) in [7, 11) is 2.82. The molecule has 0 aliphatic heterocycles. The van der Waals surface area contributed by atoms with Gasteiger partial charge in [0.25, 0.3) is 0 Å². The van der Waals surface area contributed by atoms with Crippen molar-refractivity contribution in [2.24, 2.45) is 12.8 Å². The maximum atomic E-state index is 12.7. The van der Waals surface area contributed by atoms with Crippen LogP contribution in [0.25, 0.3) is 0 Å². The Bertz CT molecular complexity index is 455. The number of halogens is 3. The SMILES string of the molecule is CC[C@H](N)C(=O)N(C)Cc1cn(C)nc1C(F)(F)F. The maximum absolute atomic E-state index is 12.7. The zero-order chi connectivity index (χ0) is 14.8. The van der Waals surface area contributed by atoms with Gasteiger partial charge in [0.15, 0.2) is 5.69 Å². The van der Waals surface area contributed by atoms with Gasteiger partial charge in [0, 0.05) is 32.4 Å². The van der Waals surface area contributed by atoms with Crippen molar-refractivity contribution in [1.82, 2.24) is 14.7 Å². The van der Waals surface area contributed by atoms with Crippen LogP contribution in [-0.2, 0) is 24.6 Å². The largest absolute Gasteiger partial charge is 0.435 e. The van der Waals surface area contributed by atoms with Gasteiger partial charge in [0.2, 0.25) is 5.91 Å². The summed E-state index contributed by atoms with van der Waals surface area (Å²) in [6.07, 6.45) is -2.85. The summed E-state index contributed by atoms with van der Waals surface area (Å²) in [5.74, 6) is -0.389. The standard InChI is InChI=1S/C11H17F3N4O/c1-4-8(15)10(19)17(2)5-7-6-18(3)16-9(7)11(12,13)14/h6,8H,4-5,15H2,1-3H3/t8-/m0/s1. The van der Waals surface area contributed by atoms with Gasteiger partial charge in [-0.05, 0) is 6.42 Å². The average molecular weight is 278 g/mol. The Morgan fingerprint density at radius 2 is 2.16 bits per heavy atom. The van der Waals surface area contributed by atoms with Crippen molar-refractivity contribution in [3.05, 3.63) is 17.5 Å². The minimum Gasteiger partial charge on any atom is -0.340 e. The summed E-state index contributed by atoms with van der Waals surface area (Å²) in [5.41, 5.74) is 4.55. The van der Waals surface area contributed by atoms with Gasteiger partial charge in [-0.25, -0.2) is 0 Å². The second kappa shape index (κ2) is 5.60. The molecule has 1 amide bonds. The van der Waals surface area contributed by atoms with Gasteiger partial charge in [-0.1, -0.05) is 6.92 Å². The van der Waals surface area contributed by atoms with Crippen molar-refractivity contribution in [2.75, 3.05) is 7.05 Å². The molecular weight excluding hydrogens is 261 g/mol. The van der Waals surface area contributed by atoms with E-state index in [2.05, 4.69) is 5.10 Å². The number of hydrogen-bond donors (Lipinski definition) is 1. The smallest absolute Gasteiger partial charge is 0.340 e. The van der Waals surface area contributed by atoms with Crippen LogP contribution in [0.15, 0.2) is 6.20 Å². The first-order valence-corrected chi connectivity index (χ1v) is 5.77. The molecular formula is C11H17F3N4O. The van der Waals surface area contributed by atoms with Crippen LogP contribution in [-0.4, -0.2) is 33.7 Å². The Balaban J connectivity index is 2.91. The molecule has 5 nitrogen and oxygen atoms in total. The Hall–Kier alpha value is -1.57. The van der Waals surface area contributed by atoms with E-state index in [1.807, 2.05) is 0 Å². The molecule has 0 bridgehead atoms. The van der Waals surface area contributed by atoms with E-state index in [9.17, 15) is 18.0 Å². The van der Waals surface area contributed by atoms with E-state index in [-0.39, 0.29) is 18.0 Å². The molecule has 1 rings (SSSR count). The lowest BCUT2D eigenvalue weighted by Crippen LogP contribution is -2.41. The molecule has 2 N–H and O–H groups in total. The highest BCUT2D eigenvalue weighted by Crippen LogP contribution is 2.31. The van der Waals surface area contributed by atoms with Crippen molar-refractivity contribution in [3.63, 3.8) is 0 Å². The molecule has 1 heterocycles. The second-order valence-electron chi connectivity index (χ2n) is 4.38. The lowest BCUT2D eigenvalue weighted by molar-refractivity contribution is -0.143. The highest BCUT2D eigenvalue weighted by Gasteiger charge is 2.37. The van der Waals surface area contributed by atoms with Gasteiger partial charge in [-0.3, -0.25) is 9.48 Å². The topological polar surface area (TPSA) is 64.2 Å². The number of nitrogens with zero attached hydrogens (tertiary/aromatic N) is 3. The summed E-state index contributed by atoms with van der Waals surface area (Å²) in [6, 6.07) is -0.698. The van der Waals surface area contributed by atoms with Crippen LogP contribution in [0.5, 0.6) is 0 Å². The lowest BCUT2D eigenvalue weighted by Gasteiger charge is -2.20. The van der Waals surface area contributed by atoms with Crippen LogP contribution in [0.4, 0.5) is 13.2 Å². The first-order valence-electron chi connectivity index (χ1n) is 5.77. The van der Waals surface area contributed by atoms with Crippen LogP contribution in [0, 0.1) is 0 Å². The molecule has 0 saturated heterocycles. The second-order valence-corrected chi connectivity index (χ2v) is 4.38. The van der Waals surface area contributed by atoms with E-state index in [0.717, 1.165) is 4.68 Å². The molecule has 0 radical (unpaired) electrons. The van der Waals surface area contributed by atoms with E-state index >= 15 is 0 Å². The molecule has 1 aromatic heterocycles. The van der Waals surface area contributed by atoms with Gasteiger partial charge in [0.1, 0.15) is 0 Å². The zero-order valence-corrected chi connectivity index (χ0v) is 11.0. The van der Waals surface area contributed by atoms with Crippen molar-refractivity contribution in [2.45, 2.75) is 32.1 Å². The fourth-order valence-electron chi connectivity index (χ4n) is 1.68. The van der Waals surface area contributed by atoms with E-state index in [4.69, 9.17) is 5.73 Å². The van der Waals surface area contributed by atoms with E-state index in [1.165, 1.54) is 25.2 Å². The minimum atomic E-state index is -4.53. The van der Waals surface area contributed by atoms with Crippen molar-refractivity contribution >= 4 is 5.91 Å². The number of likely N-dealkylation sites (N-methyl/N-ethyl adjacent to an activating group) is 1. The number of carbonyl (C=O) groups is 1.